The largest absolute Gasteiger partial charge is 0.106 e. The molecular weight excluding hydrogens is 254 g/mol. The Morgan fingerprint density at radius 2 is 2.12 bits per heavy atom. The van der Waals surface area contributed by atoms with E-state index in [2.05, 4.69) is 32.4 Å². The number of hydrogen-bond donors (Lipinski definition) is 0. The summed E-state index contributed by atoms with van der Waals surface area (Å²) in [6.07, 6.45) is 0. The van der Waals surface area contributed by atoms with Gasteiger partial charge in [-0.1, -0.05) is 5.92 Å². The van der Waals surface area contributed by atoms with Gasteiger partial charge >= 0.3 is 0 Å². The van der Waals surface area contributed by atoms with Crippen LogP contribution in [-0.4, -0.2) is 4.87 Å². The van der Waals surface area contributed by atoms with E-state index in [1.54, 1.807) is 0 Å². The SMILES string of the molecule is CC(C)(Cl)C#CSI. The Bertz CT molecular complexity index is 117. The molecule has 0 bridgehead atoms. The summed E-state index contributed by atoms with van der Waals surface area (Å²) in [4.78, 5) is -0.363. The van der Waals surface area contributed by atoms with E-state index >= 15 is 0 Å². The Hall–Kier alpha value is 0.930. The summed E-state index contributed by atoms with van der Waals surface area (Å²) in [5.74, 6) is 2.84. The molecule has 0 aliphatic heterocycles. The molecule has 0 aliphatic rings. The van der Waals surface area contributed by atoms with Gasteiger partial charge in [-0.3, -0.25) is 0 Å². The standard InChI is InChI=1S/C5H6ClIS/c1-5(2,6)3-4-8-7/h1-2H3. The summed E-state index contributed by atoms with van der Waals surface area (Å²) in [6.45, 7) is 3.74. The lowest BCUT2D eigenvalue weighted by Crippen LogP contribution is -2.03. The Morgan fingerprint density at radius 3 is 2.25 bits per heavy atom. The van der Waals surface area contributed by atoms with Crippen LogP contribution in [0.5, 0.6) is 0 Å². The van der Waals surface area contributed by atoms with Gasteiger partial charge in [0.1, 0.15) is 4.87 Å². The second-order valence-corrected chi connectivity index (χ2v) is 4.40. The lowest BCUT2D eigenvalue weighted by atomic mass is 10.2. The minimum absolute atomic E-state index is 0.363. The van der Waals surface area contributed by atoms with Crippen molar-refractivity contribution in [3.63, 3.8) is 0 Å². The molecular formula is C5H6ClIS. The number of rotatable bonds is 0. The van der Waals surface area contributed by atoms with Crippen LogP contribution in [0.2, 0.25) is 0 Å². The number of alkyl halides is 1. The average Bonchev–Trinajstić information content (AvgIpc) is 1.59. The monoisotopic (exact) mass is 260 g/mol. The maximum absolute atomic E-state index is 5.72. The molecule has 0 fully saturated rings. The first-order valence-corrected chi connectivity index (χ1v) is 5.78. The predicted octanol–water partition coefficient (Wildman–Crippen LogP) is 3.05. The van der Waals surface area contributed by atoms with Crippen LogP contribution in [0, 0.1) is 11.2 Å². The Balaban J connectivity index is 3.69. The van der Waals surface area contributed by atoms with Gasteiger partial charge in [0.2, 0.25) is 0 Å². The summed E-state index contributed by atoms with van der Waals surface area (Å²) in [7, 11) is 1.45. The highest BCUT2D eigenvalue weighted by molar-refractivity contribution is 14.2. The minimum atomic E-state index is -0.363. The van der Waals surface area contributed by atoms with E-state index in [-0.39, 0.29) is 4.87 Å². The molecule has 0 rings (SSSR count). The van der Waals surface area contributed by atoms with Crippen molar-refractivity contribution in [2.45, 2.75) is 18.7 Å². The minimum Gasteiger partial charge on any atom is -0.106 e. The molecule has 0 saturated heterocycles. The van der Waals surface area contributed by atoms with Crippen molar-refractivity contribution in [1.29, 1.82) is 0 Å². The second-order valence-electron chi connectivity index (χ2n) is 1.78. The molecule has 0 radical (unpaired) electrons. The summed E-state index contributed by atoms with van der Waals surface area (Å²) in [5, 5.41) is 2.81. The highest BCUT2D eigenvalue weighted by atomic mass is 127. The third kappa shape index (κ3) is 6.93. The van der Waals surface area contributed by atoms with Crippen molar-refractivity contribution in [3.05, 3.63) is 0 Å². The third-order valence-corrected chi connectivity index (χ3v) is 1.32. The lowest BCUT2D eigenvalue weighted by Gasteiger charge is -2.02. The molecule has 0 saturated carbocycles. The molecule has 0 spiro atoms. The first kappa shape index (κ1) is 8.93. The van der Waals surface area contributed by atoms with Gasteiger partial charge in [-0.25, -0.2) is 0 Å². The van der Waals surface area contributed by atoms with Gasteiger partial charge in [-0.05, 0) is 28.0 Å². The first-order chi connectivity index (χ1) is 3.56. The maximum atomic E-state index is 5.72. The van der Waals surface area contributed by atoms with Crippen LogP contribution in [-0.2, 0) is 0 Å². The van der Waals surface area contributed by atoms with E-state index in [0.717, 1.165) is 0 Å². The molecule has 0 aromatic rings. The second kappa shape index (κ2) is 3.86. The molecule has 0 unspecified atom stereocenters. The molecule has 8 heavy (non-hydrogen) atoms. The summed E-state index contributed by atoms with van der Waals surface area (Å²) in [5.41, 5.74) is 0. The molecule has 0 aromatic heterocycles. The topological polar surface area (TPSA) is 0 Å². The van der Waals surface area contributed by atoms with E-state index in [9.17, 15) is 0 Å². The zero-order valence-corrected chi connectivity index (χ0v) is 8.39. The summed E-state index contributed by atoms with van der Waals surface area (Å²) >= 11 is 7.83. The van der Waals surface area contributed by atoms with Crippen molar-refractivity contribution in [1.82, 2.24) is 0 Å². The fourth-order valence-electron chi connectivity index (χ4n) is 0.141. The molecule has 0 nitrogen and oxygen atoms in total. The van der Waals surface area contributed by atoms with Crippen LogP contribution >= 0.6 is 41.7 Å². The molecule has 0 atom stereocenters. The molecule has 46 valence electrons. The van der Waals surface area contributed by atoms with E-state index < -0.39 is 0 Å². The quantitative estimate of drug-likeness (QED) is 0.366. The van der Waals surface area contributed by atoms with Gasteiger partial charge in [0.25, 0.3) is 0 Å². The molecule has 0 aromatic carbocycles. The smallest absolute Gasteiger partial charge is 0.100 e. The number of hydrogen-bond acceptors (Lipinski definition) is 1. The molecule has 3 heteroatoms. The maximum Gasteiger partial charge on any atom is 0.100 e. The zero-order chi connectivity index (χ0) is 6.62. The summed E-state index contributed by atoms with van der Waals surface area (Å²) in [6, 6.07) is 0. The van der Waals surface area contributed by atoms with E-state index in [0.29, 0.717) is 0 Å². The number of halogens is 2. The van der Waals surface area contributed by atoms with Gasteiger partial charge in [0, 0.05) is 21.2 Å². The Labute approximate surface area is 71.3 Å². The molecule has 0 N–H and O–H groups in total. The van der Waals surface area contributed by atoms with Crippen LogP contribution in [0.3, 0.4) is 0 Å². The highest BCUT2D eigenvalue weighted by Gasteiger charge is 2.05. The van der Waals surface area contributed by atoms with Crippen LogP contribution in [0.4, 0.5) is 0 Å². The van der Waals surface area contributed by atoms with Crippen LogP contribution in [0.15, 0.2) is 0 Å². The molecule has 0 heterocycles. The van der Waals surface area contributed by atoms with Gasteiger partial charge in [-0.15, -0.1) is 11.6 Å². The normalized spacial score (nSPS) is 10.0. The average molecular weight is 261 g/mol. The fraction of sp³-hybridized carbons (Fsp3) is 0.600. The van der Waals surface area contributed by atoms with Crippen molar-refractivity contribution in [2.24, 2.45) is 0 Å². The van der Waals surface area contributed by atoms with Gasteiger partial charge < -0.3 is 0 Å². The van der Waals surface area contributed by atoms with E-state index in [1.807, 2.05) is 13.8 Å². The van der Waals surface area contributed by atoms with Crippen molar-refractivity contribution >= 4 is 41.7 Å². The van der Waals surface area contributed by atoms with E-state index in [4.69, 9.17) is 11.6 Å². The van der Waals surface area contributed by atoms with Crippen LogP contribution < -0.4 is 0 Å². The van der Waals surface area contributed by atoms with E-state index in [1.165, 1.54) is 8.93 Å². The molecule has 0 aliphatic carbocycles. The van der Waals surface area contributed by atoms with Crippen LogP contribution in [0.1, 0.15) is 13.8 Å². The highest BCUT2D eigenvalue weighted by Crippen LogP contribution is 2.13. The van der Waals surface area contributed by atoms with Gasteiger partial charge in [0.15, 0.2) is 0 Å². The fourth-order valence-corrected chi connectivity index (χ4v) is 0.868. The predicted molar refractivity (Wildman–Crippen MR) is 49.3 cm³/mol. The van der Waals surface area contributed by atoms with Crippen LogP contribution in [0.25, 0.3) is 0 Å². The van der Waals surface area contributed by atoms with Gasteiger partial charge in [0.05, 0.1) is 0 Å². The van der Waals surface area contributed by atoms with Crippen molar-refractivity contribution in [2.75, 3.05) is 0 Å². The third-order valence-electron chi connectivity index (χ3n) is 0.387. The van der Waals surface area contributed by atoms with Gasteiger partial charge in [-0.2, -0.15) is 0 Å². The molecule has 0 amide bonds. The van der Waals surface area contributed by atoms with Crippen molar-refractivity contribution < 1.29 is 0 Å². The Kier molecular flexibility index (Phi) is 4.31. The first-order valence-electron chi connectivity index (χ1n) is 2.05. The summed E-state index contributed by atoms with van der Waals surface area (Å²) < 4.78 is 0. The van der Waals surface area contributed by atoms with Crippen molar-refractivity contribution in [3.8, 4) is 11.2 Å². The Morgan fingerprint density at radius 1 is 1.62 bits per heavy atom. The lowest BCUT2D eigenvalue weighted by molar-refractivity contribution is 0.918. The zero-order valence-electron chi connectivity index (χ0n) is 4.66.